The van der Waals surface area contributed by atoms with Crippen LogP contribution in [-0.4, -0.2) is 33.6 Å². The maximum atomic E-state index is 12.1. The van der Waals surface area contributed by atoms with Crippen LogP contribution < -0.4 is 14.8 Å². The van der Waals surface area contributed by atoms with Gasteiger partial charge in [0.05, 0.1) is 16.8 Å². The molecule has 0 unspecified atom stereocenters. The highest BCUT2D eigenvalue weighted by Crippen LogP contribution is 2.31. The second kappa shape index (κ2) is 6.15. The third-order valence-corrected chi connectivity index (χ3v) is 4.28. The van der Waals surface area contributed by atoms with E-state index in [2.05, 4.69) is 16.6 Å². The second-order valence-corrected chi connectivity index (χ2v) is 6.11. The van der Waals surface area contributed by atoms with Gasteiger partial charge in [-0.15, -0.1) is 0 Å². The molecular weight excluding hydrogens is 296 g/mol. The van der Waals surface area contributed by atoms with Gasteiger partial charge in [-0.2, -0.15) is 0 Å². The lowest BCUT2D eigenvalue weighted by atomic mass is 10.2. The van der Waals surface area contributed by atoms with Crippen LogP contribution in [0.4, 0.5) is 5.69 Å². The summed E-state index contributed by atoms with van der Waals surface area (Å²) >= 11 is 0. The topological polar surface area (TPSA) is 93.7 Å². The van der Waals surface area contributed by atoms with Crippen LogP contribution in [0.2, 0.25) is 0 Å². The summed E-state index contributed by atoms with van der Waals surface area (Å²) in [6.45, 7) is 5.28. The molecule has 1 aromatic rings. The van der Waals surface area contributed by atoms with Crippen molar-refractivity contribution in [3.05, 3.63) is 31.0 Å². The van der Waals surface area contributed by atoms with E-state index < -0.39 is 16.1 Å². The SMILES string of the molecule is C=COCCNS(=O)(=O)c1ccc2c(c1)NC(=O)[C@H](C)O2. The molecule has 21 heavy (non-hydrogen) atoms. The molecule has 0 fully saturated rings. The van der Waals surface area contributed by atoms with Crippen molar-refractivity contribution in [2.45, 2.75) is 17.9 Å². The van der Waals surface area contributed by atoms with Gasteiger partial charge in [-0.3, -0.25) is 4.79 Å². The monoisotopic (exact) mass is 312 g/mol. The van der Waals surface area contributed by atoms with Gasteiger partial charge in [0.25, 0.3) is 5.91 Å². The summed E-state index contributed by atoms with van der Waals surface area (Å²) in [7, 11) is -3.68. The fourth-order valence-electron chi connectivity index (χ4n) is 1.76. The molecule has 8 heteroatoms. The average Bonchev–Trinajstić information content (AvgIpc) is 2.44. The molecule has 0 saturated heterocycles. The van der Waals surface area contributed by atoms with Gasteiger partial charge in [-0.05, 0) is 25.1 Å². The summed E-state index contributed by atoms with van der Waals surface area (Å²) in [6, 6.07) is 4.29. The van der Waals surface area contributed by atoms with Gasteiger partial charge in [0.2, 0.25) is 10.0 Å². The van der Waals surface area contributed by atoms with E-state index >= 15 is 0 Å². The van der Waals surface area contributed by atoms with E-state index in [1.54, 1.807) is 6.92 Å². The Kier molecular flexibility index (Phi) is 4.49. The third-order valence-electron chi connectivity index (χ3n) is 2.82. The van der Waals surface area contributed by atoms with Crippen molar-refractivity contribution >= 4 is 21.6 Å². The van der Waals surface area contributed by atoms with Gasteiger partial charge in [0.15, 0.2) is 6.10 Å². The quantitative estimate of drug-likeness (QED) is 0.600. The molecule has 1 aliphatic rings. The Morgan fingerprint density at radius 1 is 1.52 bits per heavy atom. The first-order chi connectivity index (χ1) is 9.94. The summed E-state index contributed by atoms with van der Waals surface area (Å²) in [4.78, 5) is 11.6. The molecule has 1 heterocycles. The molecule has 7 nitrogen and oxygen atoms in total. The van der Waals surface area contributed by atoms with Crippen molar-refractivity contribution in [3.8, 4) is 5.75 Å². The first-order valence-corrected chi connectivity index (χ1v) is 7.76. The Balaban J connectivity index is 2.16. The fraction of sp³-hybridized carbons (Fsp3) is 0.308. The molecule has 0 saturated carbocycles. The maximum absolute atomic E-state index is 12.1. The van der Waals surface area contributed by atoms with E-state index in [-0.39, 0.29) is 24.0 Å². The Labute approximate surface area is 123 Å². The van der Waals surface area contributed by atoms with E-state index in [1.807, 2.05) is 0 Å². The number of anilines is 1. The third kappa shape index (κ3) is 3.53. The molecule has 1 atom stereocenters. The minimum Gasteiger partial charge on any atom is -0.500 e. The average molecular weight is 312 g/mol. The number of ether oxygens (including phenoxy) is 2. The Hall–Kier alpha value is -2.06. The predicted molar refractivity (Wildman–Crippen MR) is 76.5 cm³/mol. The van der Waals surface area contributed by atoms with Crippen LogP contribution >= 0.6 is 0 Å². The molecule has 2 N–H and O–H groups in total. The zero-order valence-corrected chi connectivity index (χ0v) is 12.3. The highest BCUT2D eigenvalue weighted by molar-refractivity contribution is 7.89. The molecule has 2 rings (SSSR count). The second-order valence-electron chi connectivity index (χ2n) is 4.34. The maximum Gasteiger partial charge on any atom is 0.265 e. The molecule has 0 aromatic heterocycles. The number of benzene rings is 1. The van der Waals surface area contributed by atoms with Crippen LogP contribution in [0.15, 0.2) is 35.9 Å². The summed E-state index contributed by atoms with van der Waals surface area (Å²) in [5.41, 5.74) is 0.336. The van der Waals surface area contributed by atoms with Gasteiger partial charge in [0, 0.05) is 6.54 Å². The number of nitrogens with one attached hydrogen (secondary N) is 2. The van der Waals surface area contributed by atoms with E-state index in [4.69, 9.17) is 9.47 Å². The van der Waals surface area contributed by atoms with Crippen LogP contribution in [0.1, 0.15) is 6.92 Å². The lowest BCUT2D eigenvalue weighted by Gasteiger charge is -2.23. The standard InChI is InChI=1S/C13H16N2O5S/c1-3-19-7-6-14-21(17,18)10-4-5-12-11(8-10)15-13(16)9(2)20-12/h3-5,8-9,14H,1,6-7H2,2H3,(H,15,16)/t9-/m0/s1. The number of fused-ring (bicyclic) bond motifs is 1. The largest absolute Gasteiger partial charge is 0.500 e. The van der Waals surface area contributed by atoms with Crippen molar-refractivity contribution in [2.24, 2.45) is 0 Å². The summed E-state index contributed by atoms with van der Waals surface area (Å²) < 4.78 is 36.8. The fourth-order valence-corrected chi connectivity index (χ4v) is 2.80. The van der Waals surface area contributed by atoms with Crippen LogP contribution in [0.3, 0.4) is 0 Å². The molecule has 1 aliphatic heterocycles. The highest BCUT2D eigenvalue weighted by atomic mass is 32.2. The minimum atomic E-state index is -3.68. The van der Waals surface area contributed by atoms with Crippen molar-refractivity contribution < 1.29 is 22.7 Å². The molecule has 1 amide bonds. The van der Waals surface area contributed by atoms with Crippen molar-refractivity contribution in [1.82, 2.24) is 4.72 Å². The van der Waals surface area contributed by atoms with Crippen LogP contribution in [-0.2, 0) is 19.6 Å². The lowest BCUT2D eigenvalue weighted by Crippen LogP contribution is -2.34. The number of hydrogen-bond donors (Lipinski definition) is 2. The highest BCUT2D eigenvalue weighted by Gasteiger charge is 2.25. The first kappa shape index (κ1) is 15.3. The number of amides is 1. The molecule has 0 spiro atoms. The number of sulfonamides is 1. The summed E-state index contributed by atoms with van der Waals surface area (Å²) in [6.07, 6.45) is 0.635. The summed E-state index contributed by atoms with van der Waals surface area (Å²) in [5, 5.41) is 2.60. The van der Waals surface area contributed by atoms with E-state index in [9.17, 15) is 13.2 Å². The predicted octanol–water partition coefficient (Wildman–Crippen LogP) is 0.844. The normalized spacial score (nSPS) is 17.4. The number of carbonyl (C=O) groups is 1. The molecule has 0 radical (unpaired) electrons. The van der Waals surface area contributed by atoms with Crippen LogP contribution in [0, 0.1) is 0 Å². The molecule has 114 valence electrons. The van der Waals surface area contributed by atoms with Crippen molar-refractivity contribution in [3.63, 3.8) is 0 Å². The van der Waals surface area contributed by atoms with Crippen LogP contribution in [0.5, 0.6) is 5.75 Å². The first-order valence-electron chi connectivity index (χ1n) is 6.28. The zero-order chi connectivity index (χ0) is 15.5. The van der Waals surface area contributed by atoms with Gasteiger partial charge in [0.1, 0.15) is 12.4 Å². The number of rotatable bonds is 6. The molecule has 0 aliphatic carbocycles. The van der Waals surface area contributed by atoms with Gasteiger partial charge in [-0.1, -0.05) is 6.58 Å². The van der Waals surface area contributed by atoms with E-state index in [0.717, 1.165) is 0 Å². The van der Waals surface area contributed by atoms with E-state index in [1.165, 1.54) is 24.5 Å². The van der Waals surface area contributed by atoms with Crippen LogP contribution in [0.25, 0.3) is 0 Å². The Bertz CT molecular complexity index is 657. The zero-order valence-electron chi connectivity index (χ0n) is 11.5. The van der Waals surface area contributed by atoms with Gasteiger partial charge >= 0.3 is 0 Å². The van der Waals surface area contributed by atoms with Gasteiger partial charge < -0.3 is 14.8 Å². The Morgan fingerprint density at radius 2 is 2.29 bits per heavy atom. The Morgan fingerprint density at radius 3 is 3.00 bits per heavy atom. The molecular formula is C13H16N2O5S. The van der Waals surface area contributed by atoms with Gasteiger partial charge in [-0.25, -0.2) is 13.1 Å². The number of carbonyl (C=O) groups excluding carboxylic acids is 1. The van der Waals surface area contributed by atoms with E-state index in [0.29, 0.717) is 11.4 Å². The van der Waals surface area contributed by atoms with Crippen molar-refractivity contribution in [1.29, 1.82) is 0 Å². The minimum absolute atomic E-state index is 0.0401. The molecule has 1 aromatic carbocycles. The lowest BCUT2D eigenvalue weighted by molar-refractivity contribution is -0.122. The molecule has 0 bridgehead atoms. The van der Waals surface area contributed by atoms with Crippen molar-refractivity contribution in [2.75, 3.05) is 18.5 Å². The number of hydrogen-bond acceptors (Lipinski definition) is 5. The summed E-state index contributed by atoms with van der Waals surface area (Å²) in [5.74, 6) is 0.125. The smallest absolute Gasteiger partial charge is 0.265 e.